The molecule has 1 aromatic carbocycles. The Morgan fingerprint density at radius 1 is 1.29 bits per heavy atom. The highest BCUT2D eigenvalue weighted by molar-refractivity contribution is 7.14. The number of halogens is 2. The van der Waals surface area contributed by atoms with Crippen LogP contribution in [0.3, 0.4) is 0 Å². The molecule has 0 aliphatic carbocycles. The molecule has 0 unspecified atom stereocenters. The molecule has 2 aromatic rings. The number of carbonyl (C=O) groups is 2. The van der Waals surface area contributed by atoms with E-state index in [2.05, 4.69) is 10.3 Å². The summed E-state index contributed by atoms with van der Waals surface area (Å²) in [5.41, 5.74) is 1.27. The molecule has 2 rings (SSSR count). The van der Waals surface area contributed by atoms with Gasteiger partial charge in [0.05, 0.1) is 16.7 Å². The standard InChI is InChI=1S/C13H8Cl2N2O3S/c14-7-1-2-8(9(15)5-7)10-6-21-13(16-10)17-11(18)3-4-12(19)20/h1-6H,(H,19,20)(H,16,17,18)/p-1/b4-3+. The molecule has 1 N–H and O–H groups in total. The molecular weight excluding hydrogens is 335 g/mol. The summed E-state index contributed by atoms with van der Waals surface area (Å²) in [6, 6.07) is 5.00. The van der Waals surface area contributed by atoms with Gasteiger partial charge in [0.25, 0.3) is 0 Å². The minimum absolute atomic E-state index is 0.323. The van der Waals surface area contributed by atoms with Crippen molar-refractivity contribution in [2.24, 2.45) is 0 Å². The Labute approximate surface area is 133 Å². The minimum Gasteiger partial charge on any atom is -0.545 e. The van der Waals surface area contributed by atoms with Crippen LogP contribution < -0.4 is 10.4 Å². The summed E-state index contributed by atoms with van der Waals surface area (Å²) in [6.07, 6.45) is 1.49. The molecule has 5 nitrogen and oxygen atoms in total. The predicted molar refractivity (Wildman–Crippen MR) is 80.3 cm³/mol. The normalized spacial score (nSPS) is 10.8. The van der Waals surface area contributed by atoms with Crippen molar-refractivity contribution in [1.82, 2.24) is 4.98 Å². The lowest BCUT2D eigenvalue weighted by Gasteiger charge is -2.01. The number of benzene rings is 1. The third kappa shape index (κ3) is 4.29. The highest BCUT2D eigenvalue weighted by Gasteiger charge is 2.09. The van der Waals surface area contributed by atoms with E-state index in [0.717, 1.165) is 6.08 Å². The minimum atomic E-state index is -1.45. The van der Waals surface area contributed by atoms with E-state index in [4.69, 9.17) is 23.2 Å². The number of carboxylic acids is 1. The molecule has 0 spiro atoms. The smallest absolute Gasteiger partial charge is 0.250 e. The molecule has 21 heavy (non-hydrogen) atoms. The number of nitrogens with one attached hydrogen (secondary N) is 1. The van der Waals surface area contributed by atoms with Crippen molar-refractivity contribution in [2.75, 3.05) is 5.32 Å². The fourth-order valence-corrected chi connectivity index (χ4v) is 2.66. The van der Waals surface area contributed by atoms with Crippen LogP contribution in [0.25, 0.3) is 11.3 Å². The first-order valence-electron chi connectivity index (χ1n) is 5.56. The van der Waals surface area contributed by atoms with E-state index >= 15 is 0 Å². The van der Waals surface area contributed by atoms with Crippen molar-refractivity contribution in [3.05, 3.63) is 45.8 Å². The van der Waals surface area contributed by atoms with Gasteiger partial charge in [-0.05, 0) is 24.3 Å². The van der Waals surface area contributed by atoms with Crippen molar-refractivity contribution >= 4 is 51.5 Å². The number of nitrogens with zero attached hydrogens (tertiary/aromatic N) is 1. The first-order valence-corrected chi connectivity index (χ1v) is 7.20. The average Bonchev–Trinajstić information content (AvgIpc) is 2.84. The van der Waals surface area contributed by atoms with Crippen molar-refractivity contribution in [3.63, 3.8) is 0 Å². The van der Waals surface area contributed by atoms with E-state index in [9.17, 15) is 14.7 Å². The molecule has 108 valence electrons. The highest BCUT2D eigenvalue weighted by atomic mass is 35.5. The van der Waals surface area contributed by atoms with E-state index < -0.39 is 11.9 Å². The second-order valence-corrected chi connectivity index (χ2v) is 5.51. The van der Waals surface area contributed by atoms with Gasteiger partial charge in [-0.3, -0.25) is 10.1 Å². The van der Waals surface area contributed by atoms with Crippen LogP contribution in [0.5, 0.6) is 0 Å². The Bertz CT molecular complexity index is 728. The van der Waals surface area contributed by atoms with Crippen LogP contribution in [0.15, 0.2) is 35.7 Å². The lowest BCUT2D eigenvalue weighted by atomic mass is 10.2. The number of aliphatic carboxylic acids is 1. The first-order chi connectivity index (χ1) is 9.95. The van der Waals surface area contributed by atoms with Gasteiger partial charge in [-0.25, -0.2) is 4.98 Å². The maximum atomic E-state index is 11.4. The fourth-order valence-electron chi connectivity index (χ4n) is 1.44. The van der Waals surface area contributed by atoms with Crippen molar-refractivity contribution < 1.29 is 14.7 Å². The number of carbonyl (C=O) groups excluding carboxylic acids is 2. The largest absolute Gasteiger partial charge is 0.545 e. The number of carboxylic acid groups (broad SMARTS) is 1. The van der Waals surface area contributed by atoms with Crippen LogP contribution in [0.4, 0.5) is 5.13 Å². The molecule has 0 aliphatic rings. The quantitative estimate of drug-likeness (QED) is 0.865. The van der Waals surface area contributed by atoms with Crippen LogP contribution in [0.1, 0.15) is 0 Å². The Balaban J connectivity index is 2.15. The number of thiazole rings is 1. The summed E-state index contributed by atoms with van der Waals surface area (Å²) < 4.78 is 0. The number of hydrogen-bond donors (Lipinski definition) is 1. The maximum absolute atomic E-state index is 11.4. The summed E-state index contributed by atoms with van der Waals surface area (Å²) in [6.45, 7) is 0. The summed E-state index contributed by atoms with van der Waals surface area (Å²) in [4.78, 5) is 25.8. The van der Waals surface area contributed by atoms with E-state index in [0.29, 0.717) is 32.5 Å². The predicted octanol–water partition coefficient (Wildman–Crippen LogP) is 2.36. The Kier molecular flexibility index (Phi) is 4.95. The summed E-state index contributed by atoms with van der Waals surface area (Å²) in [5, 5.41) is 15.6. The van der Waals surface area contributed by atoms with Gasteiger partial charge in [-0.2, -0.15) is 0 Å². The van der Waals surface area contributed by atoms with Gasteiger partial charge in [0.15, 0.2) is 5.13 Å². The fraction of sp³-hybridized carbons (Fsp3) is 0. The maximum Gasteiger partial charge on any atom is 0.250 e. The molecule has 0 saturated heterocycles. The molecule has 0 atom stereocenters. The topological polar surface area (TPSA) is 82.1 Å². The number of hydrogen-bond acceptors (Lipinski definition) is 5. The van der Waals surface area contributed by atoms with Gasteiger partial charge in [-0.1, -0.05) is 23.2 Å². The van der Waals surface area contributed by atoms with Gasteiger partial charge in [0.1, 0.15) is 0 Å². The molecule has 1 heterocycles. The van der Waals surface area contributed by atoms with E-state index in [-0.39, 0.29) is 0 Å². The highest BCUT2D eigenvalue weighted by Crippen LogP contribution is 2.32. The number of anilines is 1. The molecular formula is C13H7Cl2N2O3S-. The number of aromatic nitrogens is 1. The molecule has 1 amide bonds. The van der Waals surface area contributed by atoms with Crippen LogP contribution in [0, 0.1) is 0 Å². The van der Waals surface area contributed by atoms with Gasteiger partial charge in [0.2, 0.25) is 5.91 Å². The molecule has 0 saturated carbocycles. The Morgan fingerprint density at radius 3 is 2.71 bits per heavy atom. The lowest BCUT2D eigenvalue weighted by molar-refractivity contribution is -0.297. The van der Waals surface area contributed by atoms with E-state index in [1.165, 1.54) is 11.3 Å². The van der Waals surface area contributed by atoms with E-state index in [1.807, 2.05) is 0 Å². The summed E-state index contributed by atoms with van der Waals surface area (Å²) >= 11 is 13.1. The second kappa shape index (κ2) is 6.71. The zero-order valence-corrected chi connectivity index (χ0v) is 12.6. The third-order valence-corrected chi connectivity index (χ3v) is 3.62. The average molecular weight is 342 g/mol. The van der Waals surface area contributed by atoms with Gasteiger partial charge >= 0.3 is 0 Å². The zero-order chi connectivity index (χ0) is 15.4. The second-order valence-electron chi connectivity index (χ2n) is 3.80. The number of amides is 1. The van der Waals surface area contributed by atoms with Crippen LogP contribution in [0.2, 0.25) is 10.0 Å². The van der Waals surface area contributed by atoms with Gasteiger partial charge in [0, 0.05) is 22.0 Å². The zero-order valence-electron chi connectivity index (χ0n) is 10.3. The van der Waals surface area contributed by atoms with Gasteiger partial charge < -0.3 is 9.90 Å². The third-order valence-electron chi connectivity index (χ3n) is 2.31. The van der Waals surface area contributed by atoms with Crippen molar-refractivity contribution in [2.45, 2.75) is 0 Å². The molecule has 1 aromatic heterocycles. The Morgan fingerprint density at radius 2 is 2.05 bits per heavy atom. The van der Waals surface area contributed by atoms with Crippen LogP contribution >= 0.6 is 34.5 Å². The van der Waals surface area contributed by atoms with Gasteiger partial charge in [-0.15, -0.1) is 11.3 Å². The molecule has 0 bridgehead atoms. The molecule has 0 fully saturated rings. The molecule has 0 radical (unpaired) electrons. The summed E-state index contributed by atoms with van der Waals surface area (Å²) in [7, 11) is 0. The SMILES string of the molecule is O=C([O-])/C=C/C(=O)Nc1nc(-c2ccc(Cl)cc2Cl)cs1. The van der Waals surface area contributed by atoms with Crippen molar-refractivity contribution in [3.8, 4) is 11.3 Å². The monoisotopic (exact) mass is 341 g/mol. The molecule has 8 heteroatoms. The van der Waals surface area contributed by atoms with E-state index in [1.54, 1.807) is 23.6 Å². The van der Waals surface area contributed by atoms with Crippen molar-refractivity contribution in [1.29, 1.82) is 0 Å². The number of rotatable bonds is 4. The first kappa shape index (κ1) is 15.5. The Hall–Kier alpha value is -1.89. The van der Waals surface area contributed by atoms with Crippen LogP contribution in [-0.2, 0) is 9.59 Å². The molecule has 0 aliphatic heterocycles. The summed E-state index contributed by atoms with van der Waals surface area (Å²) in [5.74, 6) is -2.06. The lowest BCUT2D eigenvalue weighted by Crippen LogP contribution is -2.20. The van der Waals surface area contributed by atoms with Crippen LogP contribution in [-0.4, -0.2) is 16.9 Å².